The zero-order chi connectivity index (χ0) is 11.0. The van der Waals surface area contributed by atoms with Gasteiger partial charge in [0, 0.05) is 5.92 Å². The number of nitrogens with one attached hydrogen (secondary N) is 1. The Balaban J connectivity index is 0. The van der Waals surface area contributed by atoms with E-state index in [-0.39, 0.29) is 11.8 Å². The van der Waals surface area contributed by atoms with Crippen LogP contribution in [0, 0.1) is 17.2 Å². The lowest BCUT2D eigenvalue weighted by Crippen LogP contribution is -2.16. The van der Waals surface area contributed by atoms with Crippen LogP contribution in [0.5, 0.6) is 0 Å². The van der Waals surface area contributed by atoms with Crippen LogP contribution in [0.25, 0.3) is 0 Å². The molecule has 0 radical (unpaired) electrons. The minimum atomic E-state index is 0.213. The van der Waals surface area contributed by atoms with Crippen LogP contribution < -0.4 is 5.73 Å². The first-order valence-electron chi connectivity index (χ1n) is 4.35. The molecule has 0 aliphatic heterocycles. The zero-order valence-corrected chi connectivity index (χ0v) is 9.13. The molecule has 0 heterocycles. The smallest absolute Gasteiger partial charge is 0.0931 e. The molecule has 0 spiro atoms. The summed E-state index contributed by atoms with van der Waals surface area (Å²) in [6.07, 6.45) is 0. The molecule has 0 saturated heterocycles. The molecule has 0 fully saturated rings. The van der Waals surface area contributed by atoms with Gasteiger partial charge in [-0.2, -0.15) is 0 Å². The van der Waals surface area contributed by atoms with Crippen molar-refractivity contribution in [1.29, 1.82) is 5.41 Å². The predicted molar refractivity (Wildman–Crippen MR) is 56.5 cm³/mol. The van der Waals surface area contributed by atoms with E-state index >= 15 is 0 Å². The molecular weight excluding hydrogens is 166 g/mol. The van der Waals surface area contributed by atoms with Gasteiger partial charge in [-0.3, -0.25) is 5.41 Å². The van der Waals surface area contributed by atoms with Crippen LogP contribution in [0.2, 0.25) is 0 Å². The summed E-state index contributed by atoms with van der Waals surface area (Å²) >= 11 is 0. The van der Waals surface area contributed by atoms with Crippen molar-refractivity contribution in [2.45, 2.75) is 34.6 Å². The van der Waals surface area contributed by atoms with Crippen molar-refractivity contribution in [2.75, 3.05) is 0 Å². The number of rotatable bonds is 2. The van der Waals surface area contributed by atoms with Crippen LogP contribution in [0.4, 0.5) is 0 Å². The first-order valence-corrected chi connectivity index (χ1v) is 4.35. The summed E-state index contributed by atoms with van der Waals surface area (Å²) in [6.45, 7) is 9.54. The third-order valence-corrected chi connectivity index (χ3v) is 1.62. The fraction of sp³-hybridized carbons (Fsp3) is 0.778. The van der Waals surface area contributed by atoms with E-state index in [2.05, 4.69) is 5.16 Å². The largest absolute Gasteiger partial charge is 0.411 e. The average molecular weight is 187 g/mol. The lowest BCUT2D eigenvalue weighted by atomic mass is 10.1. The molecule has 0 aromatic carbocycles. The van der Waals surface area contributed by atoms with Gasteiger partial charge in [0.2, 0.25) is 0 Å². The van der Waals surface area contributed by atoms with Crippen molar-refractivity contribution < 1.29 is 5.21 Å². The molecule has 0 saturated carbocycles. The minimum absolute atomic E-state index is 0.213. The van der Waals surface area contributed by atoms with Crippen LogP contribution in [0.1, 0.15) is 34.6 Å². The Bertz CT molecular complexity index is 174. The maximum Gasteiger partial charge on any atom is 0.0931 e. The minimum Gasteiger partial charge on any atom is -0.411 e. The number of oxime groups is 1. The van der Waals surface area contributed by atoms with E-state index in [1.54, 1.807) is 6.92 Å². The van der Waals surface area contributed by atoms with Crippen LogP contribution in [0.15, 0.2) is 5.16 Å². The molecule has 4 nitrogen and oxygen atoms in total. The number of hydrogen-bond donors (Lipinski definition) is 3. The summed E-state index contributed by atoms with van der Waals surface area (Å²) in [5.74, 6) is 0.838. The predicted octanol–water partition coefficient (Wildman–Crippen LogP) is 2.07. The zero-order valence-electron chi connectivity index (χ0n) is 9.13. The molecule has 78 valence electrons. The van der Waals surface area contributed by atoms with Gasteiger partial charge in [-0.05, 0) is 12.8 Å². The van der Waals surface area contributed by atoms with Crippen molar-refractivity contribution in [3.63, 3.8) is 0 Å². The molecule has 0 aromatic rings. The Morgan fingerprint density at radius 2 is 1.54 bits per heavy atom. The molecule has 0 rings (SSSR count). The fourth-order valence-electron chi connectivity index (χ4n) is 0.115. The highest BCUT2D eigenvalue weighted by atomic mass is 16.4. The monoisotopic (exact) mass is 187 g/mol. The van der Waals surface area contributed by atoms with Crippen molar-refractivity contribution >= 4 is 11.5 Å². The maximum absolute atomic E-state index is 8.09. The number of nitrogens with two attached hydrogens (primary N) is 1. The third-order valence-electron chi connectivity index (χ3n) is 1.62. The van der Waals surface area contributed by atoms with Gasteiger partial charge in [0.1, 0.15) is 0 Å². The topological polar surface area (TPSA) is 82.5 Å². The lowest BCUT2D eigenvalue weighted by Gasteiger charge is -1.96. The average Bonchev–Trinajstić information content (AvgIpc) is 2.03. The fourth-order valence-corrected chi connectivity index (χ4v) is 0.115. The summed E-state index contributed by atoms with van der Waals surface area (Å²) in [6, 6.07) is 0. The van der Waals surface area contributed by atoms with Gasteiger partial charge in [-0.1, -0.05) is 32.9 Å². The van der Waals surface area contributed by atoms with Crippen molar-refractivity contribution in [3.05, 3.63) is 0 Å². The van der Waals surface area contributed by atoms with Crippen LogP contribution in [-0.2, 0) is 0 Å². The van der Waals surface area contributed by atoms with E-state index in [0.29, 0.717) is 5.92 Å². The summed E-state index contributed by atoms with van der Waals surface area (Å²) < 4.78 is 0. The second-order valence-corrected chi connectivity index (χ2v) is 3.51. The Kier molecular flexibility index (Phi) is 8.44. The summed E-state index contributed by atoms with van der Waals surface area (Å²) in [4.78, 5) is 0. The first-order chi connectivity index (χ1) is 5.82. The SMILES string of the molecule is C/C(=N\O)C(C)C.CC(C)C(=N)N. The second kappa shape index (κ2) is 7.58. The molecule has 4 heteroatoms. The van der Waals surface area contributed by atoms with E-state index in [1.165, 1.54) is 0 Å². The quantitative estimate of drug-likeness (QED) is 0.268. The Morgan fingerprint density at radius 1 is 1.23 bits per heavy atom. The summed E-state index contributed by atoms with van der Waals surface area (Å²) in [5, 5.41) is 17.8. The molecule has 4 N–H and O–H groups in total. The van der Waals surface area contributed by atoms with Gasteiger partial charge in [0.05, 0.1) is 11.5 Å². The normalized spacial score (nSPS) is 11.2. The molecule has 0 atom stereocenters. The van der Waals surface area contributed by atoms with Gasteiger partial charge < -0.3 is 10.9 Å². The van der Waals surface area contributed by atoms with E-state index in [0.717, 1.165) is 5.71 Å². The number of hydrogen-bond acceptors (Lipinski definition) is 3. The number of amidine groups is 1. The molecule has 0 aliphatic carbocycles. The molecule has 0 bridgehead atoms. The molecule has 0 amide bonds. The Hall–Kier alpha value is -1.06. The highest BCUT2D eigenvalue weighted by Crippen LogP contribution is 1.93. The number of nitrogens with zero attached hydrogens (tertiary/aromatic N) is 1. The third kappa shape index (κ3) is 10.9. The van der Waals surface area contributed by atoms with E-state index in [1.807, 2.05) is 27.7 Å². The van der Waals surface area contributed by atoms with Gasteiger partial charge in [-0.25, -0.2) is 0 Å². The molecule has 13 heavy (non-hydrogen) atoms. The van der Waals surface area contributed by atoms with Crippen LogP contribution >= 0.6 is 0 Å². The second-order valence-electron chi connectivity index (χ2n) is 3.51. The highest BCUT2D eigenvalue weighted by molar-refractivity contribution is 5.82. The van der Waals surface area contributed by atoms with Crippen molar-refractivity contribution in [2.24, 2.45) is 22.7 Å². The summed E-state index contributed by atoms with van der Waals surface area (Å²) in [5.41, 5.74) is 5.80. The van der Waals surface area contributed by atoms with Crippen molar-refractivity contribution in [1.82, 2.24) is 0 Å². The van der Waals surface area contributed by atoms with Gasteiger partial charge in [0.25, 0.3) is 0 Å². The van der Waals surface area contributed by atoms with Crippen LogP contribution in [-0.4, -0.2) is 16.8 Å². The Labute approximate surface area is 80.3 Å². The highest BCUT2D eigenvalue weighted by Gasteiger charge is 1.94. The Morgan fingerprint density at radius 3 is 1.54 bits per heavy atom. The molecule has 0 aliphatic rings. The lowest BCUT2D eigenvalue weighted by molar-refractivity contribution is 0.315. The van der Waals surface area contributed by atoms with Crippen LogP contribution in [0.3, 0.4) is 0 Å². The molecule has 0 aromatic heterocycles. The van der Waals surface area contributed by atoms with E-state index in [4.69, 9.17) is 16.4 Å². The van der Waals surface area contributed by atoms with Gasteiger partial charge in [-0.15, -0.1) is 0 Å². The van der Waals surface area contributed by atoms with Gasteiger partial charge in [0.15, 0.2) is 0 Å². The first kappa shape index (κ1) is 14.5. The molecular formula is C9H21N3O. The standard InChI is InChI=1S/C5H11NO.C4H10N2/c1-4(2)5(3)6-7;1-3(2)4(5)6/h4,7H,1-3H3;3H,1-2H3,(H3,5,6)/b6-5+;. The van der Waals surface area contributed by atoms with Crippen molar-refractivity contribution in [3.8, 4) is 0 Å². The van der Waals surface area contributed by atoms with Gasteiger partial charge >= 0.3 is 0 Å². The van der Waals surface area contributed by atoms with E-state index < -0.39 is 0 Å². The maximum atomic E-state index is 8.09. The molecule has 0 unspecified atom stereocenters. The van der Waals surface area contributed by atoms with E-state index in [9.17, 15) is 0 Å². The summed E-state index contributed by atoms with van der Waals surface area (Å²) in [7, 11) is 0.